The van der Waals surface area contributed by atoms with E-state index < -0.39 is 11.8 Å². The van der Waals surface area contributed by atoms with Gasteiger partial charge in [0.05, 0.1) is 30.8 Å². The highest BCUT2D eigenvalue weighted by Crippen LogP contribution is 2.49. The van der Waals surface area contributed by atoms with Crippen molar-refractivity contribution in [3.05, 3.63) is 138 Å². The van der Waals surface area contributed by atoms with Crippen molar-refractivity contribution >= 4 is 64.4 Å². The van der Waals surface area contributed by atoms with Gasteiger partial charge in [0.1, 0.15) is 17.2 Å². The molecule has 1 aliphatic rings. The summed E-state index contributed by atoms with van der Waals surface area (Å²) in [6, 6.07) is 37.1. The number of carbonyl (C=O) groups excluding carboxylic acids is 3. The fraction of sp³-hybridized carbons (Fsp3) is 0.125. The highest BCUT2D eigenvalue weighted by atomic mass is 32.2. The van der Waals surface area contributed by atoms with Crippen LogP contribution in [-0.2, 0) is 9.59 Å². The zero-order valence-corrected chi connectivity index (χ0v) is 29.3. The van der Waals surface area contributed by atoms with Crippen molar-refractivity contribution in [2.75, 3.05) is 24.4 Å². The lowest BCUT2D eigenvalue weighted by molar-refractivity contribution is -0.117. The number of carbonyl (C=O) groups is 3. The van der Waals surface area contributed by atoms with Crippen LogP contribution in [-0.4, -0.2) is 37.2 Å². The Morgan fingerprint density at radius 3 is 2.06 bits per heavy atom. The number of fused-ring (bicyclic) bond motifs is 2. The first-order valence-corrected chi connectivity index (χ1v) is 17.7. The van der Waals surface area contributed by atoms with Gasteiger partial charge in [-0.15, -0.1) is 11.8 Å². The van der Waals surface area contributed by atoms with Crippen LogP contribution >= 0.6 is 23.5 Å². The first-order chi connectivity index (χ1) is 24.4. The molecule has 0 radical (unpaired) electrons. The lowest BCUT2D eigenvalue weighted by Crippen LogP contribution is -2.35. The number of hydrogen-bond acceptors (Lipinski definition) is 7. The van der Waals surface area contributed by atoms with Crippen molar-refractivity contribution in [2.45, 2.75) is 33.3 Å². The van der Waals surface area contributed by atoms with Gasteiger partial charge in [-0.25, -0.2) is 0 Å². The van der Waals surface area contributed by atoms with E-state index in [0.29, 0.717) is 34.7 Å². The van der Waals surface area contributed by atoms with Crippen LogP contribution in [0.15, 0.2) is 142 Å². The molecule has 1 unspecified atom stereocenters. The third-order valence-corrected chi connectivity index (χ3v) is 10.5. The maximum Gasteiger partial charge on any atom is 0.272 e. The minimum Gasteiger partial charge on any atom is -0.497 e. The van der Waals surface area contributed by atoms with Crippen molar-refractivity contribution in [3.63, 3.8) is 0 Å². The van der Waals surface area contributed by atoms with Crippen molar-refractivity contribution < 1.29 is 23.9 Å². The molecule has 5 aromatic rings. The summed E-state index contributed by atoms with van der Waals surface area (Å²) in [5.41, 5.74) is 3.30. The second-order valence-corrected chi connectivity index (χ2v) is 13.6. The number of anilines is 3. The van der Waals surface area contributed by atoms with Crippen LogP contribution in [0.4, 0.5) is 17.1 Å². The van der Waals surface area contributed by atoms with E-state index >= 15 is 0 Å². The van der Waals surface area contributed by atoms with Crippen molar-refractivity contribution in [1.29, 1.82) is 0 Å². The number of rotatable bonds is 11. The minimum atomic E-state index is -0.519. The van der Waals surface area contributed by atoms with Crippen LogP contribution in [0.2, 0.25) is 0 Å². The zero-order chi connectivity index (χ0) is 35.0. The molecular formula is C40H35N3O5S2. The molecule has 0 aromatic heterocycles. The lowest BCUT2D eigenvalue weighted by atomic mass is 10.1. The molecule has 1 heterocycles. The third-order valence-electron chi connectivity index (χ3n) is 7.96. The monoisotopic (exact) mass is 701 g/mol. The van der Waals surface area contributed by atoms with E-state index in [-0.39, 0.29) is 16.9 Å². The Morgan fingerprint density at radius 2 is 1.44 bits per heavy atom. The van der Waals surface area contributed by atoms with Crippen LogP contribution < -0.4 is 25.0 Å². The number of para-hydroxylation sites is 2. The Bertz CT molecular complexity index is 2010. The number of nitrogens with one attached hydrogen (secondary N) is 2. The molecule has 0 saturated carbocycles. The molecule has 0 saturated heterocycles. The summed E-state index contributed by atoms with van der Waals surface area (Å²) in [6.07, 6.45) is 2.19. The maximum atomic E-state index is 14.2. The van der Waals surface area contributed by atoms with Gasteiger partial charge in [-0.3, -0.25) is 19.3 Å². The Hall–Kier alpha value is -5.45. The van der Waals surface area contributed by atoms with Crippen LogP contribution in [0.5, 0.6) is 11.5 Å². The number of nitrogens with zero attached hydrogens (tertiary/aromatic N) is 1. The standard InChI is InChI=1S/C40H35N3O5S2/c1-4-35(40(46)43-32-14-8-10-16-36(32)50-37-17-11-9-15-33(37)43)49-30-22-19-28(20-23-30)41-39(45)31(42-38(44)26-12-6-5-7-13-26)24-27-18-21-29(47-2)25-34(27)48-3/h5-25,35H,4H2,1-3H3,(H,41,45)(H,42,44)/b31-24-. The largest absolute Gasteiger partial charge is 0.497 e. The summed E-state index contributed by atoms with van der Waals surface area (Å²) in [7, 11) is 3.08. The molecule has 50 heavy (non-hydrogen) atoms. The second-order valence-electron chi connectivity index (χ2n) is 11.2. The molecule has 1 atom stereocenters. The van der Waals surface area contributed by atoms with Crippen molar-refractivity contribution in [2.24, 2.45) is 0 Å². The van der Waals surface area contributed by atoms with Gasteiger partial charge in [-0.05, 0) is 85.3 Å². The zero-order valence-electron chi connectivity index (χ0n) is 27.7. The highest BCUT2D eigenvalue weighted by molar-refractivity contribution is 8.00. The molecule has 1 aliphatic heterocycles. The van der Waals surface area contributed by atoms with Gasteiger partial charge in [0.15, 0.2) is 0 Å². The van der Waals surface area contributed by atoms with Gasteiger partial charge >= 0.3 is 0 Å². The van der Waals surface area contributed by atoms with Crippen LogP contribution in [0.25, 0.3) is 6.08 Å². The summed E-state index contributed by atoms with van der Waals surface area (Å²) in [4.78, 5) is 45.7. The number of ether oxygens (including phenoxy) is 2. The van der Waals surface area contributed by atoms with Crippen LogP contribution in [0.1, 0.15) is 29.3 Å². The van der Waals surface area contributed by atoms with Gasteiger partial charge in [0, 0.05) is 37.6 Å². The molecule has 0 aliphatic carbocycles. The predicted octanol–water partition coefficient (Wildman–Crippen LogP) is 8.81. The molecule has 0 spiro atoms. The van der Waals surface area contributed by atoms with Gasteiger partial charge in [-0.1, -0.05) is 61.2 Å². The first-order valence-electron chi connectivity index (χ1n) is 16.0. The fourth-order valence-corrected chi connectivity index (χ4v) is 7.46. The second kappa shape index (κ2) is 15.8. The summed E-state index contributed by atoms with van der Waals surface area (Å²) >= 11 is 3.15. The number of hydrogen-bond donors (Lipinski definition) is 2. The lowest BCUT2D eigenvalue weighted by Gasteiger charge is -2.33. The Morgan fingerprint density at radius 1 is 0.800 bits per heavy atom. The SMILES string of the molecule is CCC(Sc1ccc(NC(=O)/C(=C/c2ccc(OC)cc2OC)NC(=O)c2ccccc2)cc1)C(=O)N1c2ccccc2Sc2ccccc21. The minimum absolute atomic E-state index is 0.00739. The third kappa shape index (κ3) is 7.72. The molecule has 8 nitrogen and oxygen atoms in total. The van der Waals surface area contributed by atoms with E-state index in [9.17, 15) is 14.4 Å². The molecule has 5 aromatic carbocycles. The Labute approximate surface area is 299 Å². The van der Waals surface area contributed by atoms with E-state index in [1.165, 1.54) is 18.9 Å². The van der Waals surface area contributed by atoms with E-state index in [4.69, 9.17) is 9.47 Å². The first kappa shape index (κ1) is 34.4. The topological polar surface area (TPSA) is 97.0 Å². The molecule has 10 heteroatoms. The number of benzene rings is 5. The fourth-order valence-electron chi connectivity index (χ4n) is 5.41. The quantitative estimate of drug-likeness (QED) is 0.105. The normalized spacial score (nSPS) is 12.6. The maximum absolute atomic E-state index is 14.2. The van der Waals surface area contributed by atoms with E-state index in [2.05, 4.69) is 10.6 Å². The smallest absolute Gasteiger partial charge is 0.272 e. The van der Waals surface area contributed by atoms with Crippen molar-refractivity contribution in [3.8, 4) is 11.5 Å². The van der Waals surface area contributed by atoms with Crippen molar-refractivity contribution in [1.82, 2.24) is 5.32 Å². The van der Waals surface area contributed by atoms with Gasteiger partial charge in [-0.2, -0.15) is 0 Å². The Kier molecular flexibility index (Phi) is 10.9. The summed E-state index contributed by atoms with van der Waals surface area (Å²) in [5.74, 6) is 0.120. The highest BCUT2D eigenvalue weighted by Gasteiger charge is 2.32. The molecular weight excluding hydrogens is 667 g/mol. The Balaban J connectivity index is 1.20. The molecule has 3 amide bonds. The number of methoxy groups -OCH3 is 2. The predicted molar refractivity (Wildman–Crippen MR) is 201 cm³/mol. The van der Waals surface area contributed by atoms with Gasteiger partial charge < -0.3 is 20.1 Å². The number of amides is 3. The number of thioether (sulfide) groups is 1. The van der Waals surface area contributed by atoms with Crippen LogP contribution in [0, 0.1) is 0 Å². The van der Waals surface area contributed by atoms with E-state index in [0.717, 1.165) is 26.1 Å². The van der Waals surface area contributed by atoms with Gasteiger partial charge in [0.2, 0.25) is 5.91 Å². The van der Waals surface area contributed by atoms with Gasteiger partial charge in [0.25, 0.3) is 11.8 Å². The molecule has 2 N–H and O–H groups in total. The van der Waals surface area contributed by atoms with E-state index in [1.807, 2.05) is 78.6 Å². The molecule has 0 bridgehead atoms. The average molecular weight is 702 g/mol. The average Bonchev–Trinajstić information content (AvgIpc) is 3.16. The summed E-state index contributed by atoms with van der Waals surface area (Å²) < 4.78 is 10.8. The van der Waals surface area contributed by atoms with Crippen LogP contribution in [0.3, 0.4) is 0 Å². The molecule has 0 fully saturated rings. The summed E-state index contributed by atoms with van der Waals surface area (Å²) in [5, 5.41) is 5.31. The molecule has 6 rings (SSSR count). The van der Waals surface area contributed by atoms with E-state index in [1.54, 1.807) is 79.5 Å². The summed E-state index contributed by atoms with van der Waals surface area (Å²) in [6.45, 7) is 2.01. The molecule has 252 valence electrons.